The molecule has 13 heavy (non-hydrogen) atoms. The highest BCUT2D eigenvalue weighted by Gasteiger charge is 2.19. The van der Waals surface area contributed by atoms with E-state index >= 15 is 0 Å². The first kappa shape index (κ1) is 9.96. The number of hydrogen-bond acceptors (Lipinski definition) is 3. The second-order valence-electron chi connectivity index (χ2n) is 4.31. The number of aromatic nitrogens is 1. The Bertz CT molecular complexity index is 307. The van der Waals surface area contributed by atoms with Crippen LogP contribution in [0.4, 0.5) is 0 Å². The van der Waals surface area contributed by atoms with Gasteiger partial charge in [0.25, 0.3) is 0 Å². The summed E-state index contributed by atoms with van der Waals surface area (Å²) in [7, 11) is 0. The molecule has 0 fully saturated rings. The van der Waals surface area contributed by atoms with Gasteiger partial charge in [0.15, 0.2) is 0 Å². The molecule has 0 unspecified atom stereocenters. The third-order valence-electron chi connectivity index (χ3n) is 1.75. The molecule has 1 aromatic rings. The smallest absolute Gasteiger partial charge is 0.144 e. The molecular weight excluding hydrogens is 166 g/mol. The largest absolute Gasteiger partial charge is 0.361 e. The summed E-state index contributed by atoms with van der Waals surface area (Å²) < 4.78 is 5.03. The summed E-state index contributed by atoms with van der Waals surface area (Å²) in [5.41, 5.74) is 0.877. The summed E-state index contributed by atoms with van der Waals surface area (Å²) in [4.78, 5) is 10.8. The van der Waals surface area contributed by atoms with Crippen LogP contribution >= 0.6 is 0 Å². The van der Waals surface area contributed by atoms with Crippen molar-refractivity contribution >= 4 is 5.78 Å². The Morgan fingerprint density at radius 3 is 2.54 bits per heavy atom. The molecule has 3 heteroatoms. The number of carbonyl (C=O) groups excluding carboxylic acids is 1. The van der Waals surface area contributed by atoms with Gasteiger partial charge < -0.3 is 4.52 Å². The van der Waals surface area contributed by atoms with Gasteiger partial charge in [-0.3, -0.25) is 4.79 Å². The molecule has 0 aliphatic carbocycles. The molecule has 0 radical (unpaired) electrons. The molecule has 0 amide bonds. The lowest BCUT2D eigenvalue weighted by molar-refractivity contribution is -0.116. The zero-order valence-corrected chi connectivity index (χ0v) is 8.55. The van der Waals surface area contributed by atoms with E-state index in [-0.39, 0.29) is 11.2 Å². The minimum atomic E-state index is -0.0153. The maximum absolute atomic E-state index is 10.8. The highest BCUT2D eigenvalue weighted by Crippen LogP contribution is 2.21. The average molecular weight is 181 g/mol. The van der Waals surface area contributed by atoms with Crippen molar-refractivity contribution in [2.45, 2.75) is 39.5 Å². The monoisotopic (exact) mass is 181 g/mol. The predicted octanol–water partition coefficient (Wildman–Crippen LogP) is 2.10. The first-order valence-corrected chi connectivity index (χ1v) is 4.35. The molecule has 0 aliphatic heterocycles. The van der Waals surface area contributed by atoms with Crippen molar-refractivity contribution in [2.75, 3.05) is 0 Å². The standard InChI is InChI=1S/C10H15NO2/c1-7(12)5-8-6-9(11-13-8)10(2,3)4/h6H,5H2,1-4H3. The van der Waals surface area contributed by atoms with E-state index in [4.69, 9.17) is 4.52 Å². The molecule has 0 saturated heterocycles. The van der Waals surface area contributed by atoms with Crippen molar-refractivity contribution in [1.82, 2.24) is 5.16 Å². The predicted molar refractivity (Wildman–Crippen MR) is 49.6 cm³/mol. The Hall–Kier alpha value is -1.12. The van der Waals surface area contributed by atoms with Crippen LogP contribution in [0.5, 0.6) is 0 Å². The van der Waals surface area contributed by atoms with Crippen molar-refractivity contribution < 1.29 is 9.32 Å². The summed E-state index contributed by atoms with van der Waals surface area (Å²) in [5, 5.41) is 3.91. The van der Waals surface area contributed by atoms with Crippen LogP contribution in [-0.2, 0) is 16.6 Å². The quantitative estimate of drug-likeness (QED) is 0.701. The number of carbonyl (C=O) groups is 1. The Kier molecular flexibility index (Phi) is 2.55. The van der Waals surface area contributed by atoms with Crippen LogP contribution in [-0.4, -0.2) is 10.9 Å². The van der Waals surface area contributed by atoms with E-state index in [1.54, 1.807) is 6.92 Å². The molecule has 0 spiro atoms. The van der Waals surface area contributed by atoms with Crippen LogP contribution in [0.2, 0.25) is 0 Å². The molecule has 1 heterocycles. The fourth-order valence-electron chi connectivity index (χ4n) is 0.995. The Balaban J connectivity index is 2.81. The maximum atomic E-state index is 10.8. The van der Waals surface area contributed by atoms with Crippen molar-refractivity contribution in [2.24, 2.45) is 0 Å². The van der Waals surface area contributed by atoms with Crippen LogP contribution in [0.25, 0.3) is 0 Å². The van der Waals surface area contributed by atoms with E-state index in [9.17, 15) is 4.79 Å². The van der Waals surface area contributed by atoms with E-state index in [2.05, 4.69) is 25.9 Å². The molecule has 0 N–H and O–H groups in total. The van der Waals surface area contributed by atoms with Crippen molar-refractivity contribution in [3.05, 3.63) is 17.5 Å². The average Bonchev–Trinajstić information content (AvgIpc) is 2.32. The van der Waals surface area contributed by atoms with Crippen molar-refractivity contribution in [1.29, 1.82) is 0 Å². The number of nitrogens with zero attached hydrogens (tertiary/aromatic N) is 1. The third kappa shape index (κ3) is 2.68. The zero-order valence-electron chi connectivity index (χ0n) is 8.55. The molecule has 72 valence electrons. The SMILES string of the molecule is CC(=O)Cc1cc(C(C)(C)C)no1. The van der Waals surface area contributed by atoms with Gasteiger partial charge in [0.1, 0.15) is 11.5 Å². The highest BCUT2D eigenvalue weighted by molar-refractivity contribution is 5.77. The molecule has 0 aliphatic rings. The van der Waals surface area contributed by atoms with E-state index in [1.807, 2.05) is 6.07 Å². The van der Waals surface area contributed by atoms with Gasteiger partial charge in [0, 0.05) is 11.5 Å². The second-order valence-corrected chi connectivity index (χ2v) is 4.31. The lowest BCUT2D eigenvalue weighted by Crippen LogP contribution is -2.11. The van der Waals surface area contributed by atoms with E-state index < -0.39 is 0 Å². The van der Waals surface area contributed by atoms with Gasteiger partial charge in [-0.25, -0.2) is 0 Å². The summed E-state index contributed by atoms with van der Waals surface area (Å²) in [6.45, 7) is 7.71. The van der Waals surface area contributed by atoms with Crippen LogP contribution < -0.4 is 0 Å². The minimum absolute atomic E-state index is 0.0153. The Morgan fingerprint density at radius 2 is 2.15 bits per heavy atom. The minimum Gasteiger partial charge on any atom is -0.361 e. The topological polar surface area (TPSA) is 43.1 Å². The maximum Gasteiger partial charge on any atom is 0.144 e. The van der Waals surface area contributed by atoms with Gasteiger partial charge in [-0.15, -0.1) is 0 Å². The first-order chi connectivity index (χ1) is 5.89. The third-order valence-corrected chi connectivity index (χ3v) is 1.75. The van der Waals surface area contributed by atoms with Gasteiger partial charge in [0.2, 0.25) is 0 Å². The lowest BCUT2D eigenvalue weighted by atomic mass is 9.92. The molecule has 0 bridgehead atoms. The zero-order chi connectivity index (χ0) is 10.1. The number of Topliss-reactive ketones (excluding diaryl/α,β-unsaturated/α-hetero) is 1. The van der Waals surface area contributed by atoms with E-state index in [1.165, 1.54) is 0 Å². The van der Waals surface area contributed by atoms with Gasteiger partial charge in [-0.2, -0.15) is 0 Å². The highest BCUT2D eigenvalue weighted by atomic mass is 16.5. The Labute approximate surface area is 78.1 Å². The summed E-state index contributed by atoms with van der Waals surface area (Å²) in [5.74, 6) is 0.744. The lowest BCUT2D eigenvalue weighted by Gasteiger charge is -2.12. The van der Waals surface area contributed by atoms with E-state index in [0.717, 1.165) is 5.69 Å². The molecular formula is C10H15NO2. The number of hydrogen-bond donors (Lipinski definition) is 0. The molecule has 1 rings (SSSR count). The van der Waals surface area contributed by atoms with Crippen LogP contribution in [0, 0.1) is 0 Å². The number of rotatable bonds is 2. The summed E-state index contributed by atoms with van der Waals surface area (Å²) >= 11 is 0. The first-order valence-electron chi connectivity index (χ1n) is 4.35. The summed E-state index contributed by atoms with van der Waals surface area (Å²) in [6, 6.07) is 1.85. The molecule has 3 nitrogen and oxygen atoms in total. The van der Waals surface area contributed by atoms with Gasteiger partial charge >= 0.3 is 0 Å². The molecule has 0 saturated carbocycles. The van der Waals surface area contributed by atoms with Gasteiger partial charge in [-0.05, 0) is 6.92 Å². The fraction of sp³-hybridized carbons (Fsp3) is 0.600. The van der Waals surface area contributed by atoms with Crippen LogP contribution in [0.1, 0.15) is 39.1 Å². The van der Waals surface area contributed by atoms with Gasteiger partial charge in [-0.1, -0.05) is 25.9 Å². The van der Waals surface area contributed by atoms with Crippen molar-refractivity contribution in [3.63, 3.8) is 0 Å². The Morgan fingerprint density at radius 1 is 1.54 bits per heavy atom. The van der Waals surface area contributed by atoms with Crippen LogP contribution in [0.3, 0.4) is 0 Å². The molecule has 1 aromatic heterocycles. The second kappa shape index (κ2) is 3.32. The normalized spacial score (nSPS) is 11.7. The summed E-state index contributed by atoms with van der Waals surface area (Å²) in [6.07, 6.45) is 0.336. The van der Waals surface area contributed by atoms with Gasteiger partial charge in [0.05, 0.1) is 12.1 Å². The molecule has 0 atom stereocenters. The molecule has 0 aromatic carbocycles. The van der Waals surface area contributed by atoms with E-state index in [0.29, 0.717) is 12.2 Å². The fourth-order valence-corrected chi connectivity index (χ4v) is 0.995. The van der Waals surface area contributed by atoms with Crippen molar-refractivity contribution in [3.8, 4) is 0 Å². The number of ketones is 1. The van der Waals surface area contributed by atoms with Crippen LogP contribution in [0.15, 0.2) is 10.6 Å².